The Balaban J connectivity index is 2.24. The van der Waals surface area contributed by atoms with Crippen molar-refractivity contribution in [3.63, 3.8) is 0 Å². The Morgan fingerprint density at radius 1 is 1.44 bits per heavy atom. The van der Waals surface area contributed by atoms with Gasteiger partial charge in [0.1, 0.15) is 0 Å². The average Bonchev–Trinajstić information content (AvgIpc) is 2.66. The van der Waals surface area contributed by atoms with Crippen LogP contribution in [0, 0.1) is 6.08 Å². The number of thiazole rings is 1. The van der Waals surface area contributed by atoms with Crippen LogP contribution < -0.4 is 5.32 Å². The van der Waals surface area contributed by atoms with Crippen LogP contribution in [0.3, 0.4) is 0 Å². The van der Waals surface area contributed by atoms with Gasteiger partial charge in [0.05, 0.1) is 5.69 Å². The van der Waals surface area contributed by atoms with Crippen molar-refractivity contribution in [2.24, 2.45) is 0 Å². The van der Waals surface area contributed by atoms with Crippen molar-refractivity contribution < 1.29 is 9.18 Å². The summed E-state index contributed by atoms with van der Waals surface area (Å²) in [7, 11) is 0. The Bertz CT molecular complexity index is 510. The van der Waals surface area contributed by atoms with E-state index in [2.05, 4.69) is 20.3 Å². The fourth-order valence-electron chi connectivity index (χ4n) is 1.06. The number of carbonyl (C=O) groups excluding carboxylic acids is 1. The summed E-state index contributed by atoms with van der Waals surface area (Å²) < 4.78 is 12.5. The summed E-state index contributed by atoms with van der Waals surface area (Å²) in [6, 6.07) is 0. The highest BCUT2D eigenvalue weighted by atomic mass is 32.1. The Labute approximate surface area is 94.4 Å². The lowest BCUT2D eigenvalue weighted by Gasteiger charge is -1.95. The SMILES string of the molecule is CC(=O)Nc1nc(-c2cnc(F)nc2)cs1. The molecule has 0 fully saturated rings. The minimum Gasteiger partial charge on any atom is -0.302 e. The lowest BCUT2D eigenvalue weighted by Crippen LogP contribution is -2.04. The minimum absolute atomic E-state index is 0.184. The van der Waals surface area contributed by atoms with E-state index in [9.17, 15) is 9.18 Å². The summed E-state index contributed by atoms with van der Waals surface area (Å²) in [6.45, 7) is 1.40. The maximum atomic E-state index is 12.5. The van der Waals surface area contributed by atoms with Gasteiger partial charge in [0, 0.05) is 30.3 Å². The monoisotopic (exact) mass is 238 g/mol. The summed E-state index contributed by atoms with van der Waals surface area (Å²) in [5.41, 5.74) is 1.21. The van der Waals surface area contributed by atoms with E-state index in [1.165, 1.54) is 30.7 Å². The highest BCUT2D eigenvalue weighted by Gasteiger charge is 2.06. The molecule has 2 aromatic heterocycles. The molecule has 0 saturated heterocycles. The van der Waals surface area contributed by atoms with Gasteiger partial charge in [-0.1, -0.05) is 0 Å². The Hall–Kier alpha value is -1.89. The number of nitrogens with zero attached hydrogens (tertiary/aromatic N) is 3. The van der Waals surface area contributed by atoms with Gasteiger partial charge in [-0.15, -0.1) is 11.3 Å². The standard InChI is InChI=1S/C9H7FN4OS/c1-5(15)13-9-14-7(4-16-9)6-2-11-8(10)12-3-6/h2-4H,1H3,(H,13,14,15). The topological polar surface area (TPSA) is 67.8 Å². The van der Waals surface area contributed by atoms with Crippen molar-refractivity contribution in [1.82, 2.24) is 15.0 Å². The molecule has 0 atom stereocenters. The van der Waals surface area contributed by atoms with E-state index in [1.807, 2.05) is 0 Å². The molecule has 82 valence electrons. The van der Waals surface area contributed by atoms with Gasteiger partial charge in [0.15, 0.2) is 5.13 Å². The first-order valence-corrected chi connectivity index (χ1v) is 5.24. The first-order chi connectivity index (χ1) is 7.65. The van der Waals surface area contributed by atoms with Crippen LogP contribution in [0.4, 0.5) is 9.52 Å². The minimum atomic E-state index is -0.777. The van der Waals surface area contributed by atoms with E-state index < -0.39 is 6.08 Å². The van der Waals surface area contributed by atoms with E-state index in [1.54, 1.807) is 5.38 Å². The van der Waals surface area contributed by atoms with E-state index in [0.717, 1.165) is 0 Å². The summed E-state index contributed by atoms with van der Waals surface area (Å²) in [5.74, 6) is -0.184. The maximum absolute atomic E-state index is 12.5. The van der Waals surface area contributed by atoms with E-state index >= 15 is 0 Å². The molecule has 2 heterocycles. The predicted octanol–water partition coefficient (Wildman–Crippen LogP) is 1.70. The molecule has 0 spiro atoms. The quantitative estimate of drug-likeness (QED) is 0.808. The number of halogens is 1. The van der Waals surface area contributed by atoms with Crippen LogP contribution in [0.15, 0.2) is 17.8 Å². The van der Waals surface area contributed by atoms with Gasteiger partial charge in [-0.3, -0.25) is 4.79 Å². The molecule has 0 radical (unpaired) electrons. The number of nitrogens with one attached hydrogen (secondary N) is 1. The van der Waals surface area contributed by atoms with Gasteiger partial charge in [0.25, 0.3) is 0 Å². The predicted molar refractivity (Wildman–Crippen MR) is 57.4 cm³/mol. The normalized spacial score (nSPS) is 10.1. The van der Waals surface area contributed by atoms with E-state index in [4.69, 9.17) is 0 Å². The zero-order chi connectivity index (χ0) is 11.5. The Morgan fingerprint density at radius 3 is 2.75 bits per heavy atom. The molecule has 0 aliphatic rings. The molecule has 2 rings (SSSR count). The molecular formula is C9H7FN4OS. The third-order valence-electron chi connectivity index (χ3n) is 1.70. The molecular weight excluding hydrogens is 231 g/mol. The largest absolute Gasteiger partial charge is 0.308 e. The van der Waals surface area contributed by atoms with Crippen LogP contribution in [-0.4, -0.2) is 20.9 Å². The second kappa shape index (κ2) is 4.31. The highest BCUT2D eigenvalue weighted by Crippen LogP contribution is 2.23. The molecule has 5 nitrogen and oxygen atoms in total. The lowest BCUT2D eigenvalue weighted by molar-refractivity contribution is -0.114. The van der Waals surface area contributed by atoms with Crippen molar-refractivity contribution in [2.75, 3.05) is 5.32 Å². The van der Waals surface area contributed by atoms with Gasteiger partial charge in [-0.25, -0.2) is 15.0 Å². The van der Waals surface area contributed by atoms with E-state index in [-0.39, 0.29) is 5.91 Å². The average molecular weight is 238 g/mol. The van der Waals surface area contributed by atoms with Crippen LogP contribution in [0.2, 0.25) is 0 Å². The molecule has 16 heavy (non-hydrogen) atoms. The Morgan fingerprint density at radius 2 is 2.12 bits per heavy atom. The molecule has 1 N–H and O–H groups in total. The molecule has 0 bridgehead atoms. The summed E-state index contributed by atoms with van der Waals surface area (Å²) in [6.07, 6.45) is 1.91. The molecule has 0 unspecified atom stereocenters. The van der Waals surface area contributed by atoms with Gasteiger partial charge in [-0.2, -0.15) is 4.39 Å². The van der Waals surface area contributed by atoms with Crippen molar-refractivity contribution in [1.29, 1.82) is 0 Å². The molecule has 0 aliphatic heterocycles. The molecule has 0 aromatic carbocycles. The maximum Gasteiger partial charge on any atom is 0.308 e. The first-order valence-electron chi connectivity index (χ1n) is 4.36. The third kappa shape index (κ3) is 2.37. The van der Waals surface area contributed by atoms with Crippen LogP contribution in [0.1, 0.15) is 6.92 Å². The van der Waals surface area contributed by atoms with Crippen LogP contribution in [-0.2, 0) is 4.79 Å². The number of aromatic nitrogens is 3. The lowest BCUT2D eigenvalue weighted by atomic mass is 10.3. The summed E-state index contributed by atoms with van der Waals surface area (Å²) in [4.78, 5) is 21.8. The van der Waals surface area contributed by atoms with Crippen molar-refractivity contribution in [3.05, 3.63) is 23.9 Å². The van der Waals surface area contributed by atoms with Crippen LogP contribution >= 0.6 is 11.3 Å². The number of carbonyl (C=O) groups is 1. The molecule has 1 amide bonds. The van der Waals surface area contributed by atoms with Crippen LogP contribution in [0.5, 0.6) is 0 Å². The number of amides is 1. The fourth-order valence-corrected chi connectivity index (χ4v) is 1.82. The zero-order valence-corrected chi connectivity index (χ0v) is 9.08. The van der Waals surface area contributed by atoms with Crippen molar-refractivity contribution >= 4 is 22.4 Å². The second-order valence-electron chi connectivity index (χ2n) is 2.96. The number of hydrogen-bond acceptors (Lipinski definition) is 5. The molecule has 7 heteroatoms. The fraction of sp³-hybridized carbons (Fsp3) is 0.111. The number of anilines is 1. The first kappa shape index (κ1) is 10.6. The number of hydrogen-bond donors (Lipinski definition) is 1. The third-order valence-corrected chi connectivity index (χ3v) is 2.46. The van der Waals surface area contributed by atoms with Gasteiger partial charge in [-0.05, 0) is 0 Å². The molecule has 0 saturated carbocycles. The van der Waals surface area contributed by atoms with E-state index in [0.29, 0.717) is 16.4 Å². The molecule has 2 aromatic rings. The Kier molecular flexibility index (Phi) is 2.86. The van der Waals surface area contributed by atoms with Gasteiger partial charge >= 0.3 is 6.08 Å². The van der Waals surface area contributed by atoms with Crippen LogP contribution in [0.25, 0.3) is 11.3 Å². The van der Waals surface area contributed by atoms with Crippen molar-refractivity contribution in [2.45, 2.75) is 6.92 Å². The second-order valence-corrected chi connectivity index (χ2v) is 3.82. The summed E-state index contributed by atoms with van der Waals surface area (Å²) >= 11 is 1.28. The summed E-state index contributed by atoms with van der Waals surface area (Å²) in [5, 5.41) is 4.79. The smallest absolute Gasteiger partial charge is 0.302 e. The molecule has 0 aliphatic carbocycles. The number of rotatable bonds is 2. The van der Waals surface area contributed by atoms with Crippen molar-refractivity contribution in [3.8, 4) is 11.3 Å². The van der Waals surface area contributed by atoms with Gasteiger partial charge < -0.3 is 5.32 Å². The zero-order valence-electron chi connectivity index (χ0n) is 8.27. The highest BCUT2D eigenvalue weighted by molar-refractivity contribution is 7.14. The van der Waals surface area contributed by atoms with Gasteiger partial charge in [0.2, 0.25) is 5.91 Å².